The summed E-state index contributed by atoms with van der Waals surface area (Å²) in [6, 6.07) is -0.154. The van der Waals surface area contributed by atoms with Crippen LogP contribution in [0, 0.1) is 17.8 Å². The van der Waals surface area contributed by atoms with Crippen molar-refractivity contribution in [1.29, 1.82) is 0 Å². The normalized spacial score (nSPS) is 40.9. The fourth-order valence-corrected chi connectivity index (χ4v) is 2.74. The van der Waals surface area contributed by atoms with Crippen LogP contribution in [0.1, 0.15) is 12.8 Å². The molecule has 3 fully saturated rings. The largest absolute Gasteiger partial charge is 0.481 e. The van der Waals surface area contributed by atoms with Crippen LogP contribution < -0.4 is 5.32 Å². The molecule has 78 valence electrons. The maximum atomic E-state index is 11.0. The Kier molecular flexibility index (Phi) is 2.19. The standard InChI is InChI=1S/C9H13NO4/c11-8(12)6-4-1-2-5(10-3-4)7(6)9(13)14/h4-7,10H,1-3H2,(H,11,12)(H,13,14). The summed E-state index contributed by atoms with van der Waals surface area (Å²) in [6.07, 6.45) is 1.61. The highest BCUT2D eigenvalue weighted by atomic mass is 16.4. The summed E-state index contributed by atoms with van der Waals surface area (Å²) < 4.78 is 0. The van der Waals surface area contributed by atoms with Crippen LogP contribution in [0.5, 0.6) is 0 Å². The zero-order valence-electron chi connectivity index (χ0n) is 7.64. The number of aliphatic carboxylic acids is 2. The van der Waals surface area contributed by atoms with E-state index in [4.69, 9.17) is 10.2 Å². The summed E-state index contributed by atoms with van der Waals surface area (Å²) in [6.45, 7) is 0.644. The molecule has 2 heterocycles. The molecule has 1 aliphatic carbocycles. The van der Waals surface area contributed by atoms with Crippen LogP contribution in [-0.4, -0.2) is 34.7 Å². The van der Waals surface area contributed by atoms with Crippen molar-refractivity contribution in [2.75, 3.05) is 6.54 Å². The number of carboxylic acid groups (broad SMARTS) is 2. The minimum atomic E-state index is -0.987. The van der Waals surface area contributed by atoms with Crippen LogP contribution >= 0.6 is 0 Å². The van der Waals surface area contributed by atoms with Gasteiger partial charge in [-0.3, -0.25) is 9.59 Å². The molecule has 3 rings (SSSR count). The monoisotopic (exact) mass is 199 g/mol. The number of carbonyl (C=O) groups is 2. The van der Waals surface area contributed by atoms with E-state index in [1.807, 2.05) is 0 Å². The molecule has 4 unspecified atom stereocenters. The van der Waals surface area contributed by atoms with Gasteiger partial charge in [0, 0.05) is 6.04 Å². The van der Waals surface area contributed by atoms with Crippen molar-refractivity contribution in [2.45, 2.75) is 18.9 Å². The summed E-state index contributed by atoms with van der Waals surface area (Å²) >= 11 is 0. The van der Waals surface area contributed by atoms with Gasteiger partial charge in [0.05, 0.1) is 11.8 Å². The molecular formula is C9H13NO4. The van der Waals surface area contributed by atoms with Crippen molar-refractivity contribution >= 4 is 11.9 Å². The molecule has 14 heavy (non-hydrogen) atoms. The molecule has 1 saturated carbocycles. The van der Waals surface area contributed by atoms with E-state index in [9.17, 15) is 9.59 Å². The highest BCUT2D eigenvalue weighted by Gasteiger charge is 2.50. The van der Waals surface area contributed by atoms with Gasteiger partial charge < -0.3 is 15.5 Å². The van der Waals surface area contributed by atoms with Crippen LogP contribution in [0.25, 0.3) is 0 Å². The molecule has 2 aliphatic heterocycles. The van der Waals surface area contributed by atoms with Gasteiger partial charge in [-0.2, -0.15) is 0 Å². The number of carboxylic acids is 2. The van der Waals surface area contributed by atoms with Crippen molar-refractivity contribution in [2.24, 2.45) is 17.8 Å². The Morgan fingerprint density at radius 1 is 1.07 bits per heavy atom. The number of nitrogens with one attached hydrogen (secondary N) is 1. The molecule has 0 aromatic heterocycles. The van der Waals surface area contributed by atoms with Gasteiger partial charge in [0.15, 0.2) is 0 Å². The number of hydrogen-bond acceptors (Lipinski definition) is 3. The van der Waals surface area contributed by atoms with Crippen LogP contribution in [0.4, 0.5) is 0 Å². The Hall–Kier alpha value is -1.10. The van der Waals surface area contributed by atoms with Gasteiger partial charge in [0.1, 0.15) is 0 Å². The summed E-state index contributed by atoms with van der Waals surface area (Å²) in [5, 5.41) is 21.1. The zero-order chi connectivity index (χ0) is 10.3. The van der Waals surface area contributed by atoms with E-state index in [-0.39, 0.29) is 12.0 Å². The van der Waals surface area contributed by atoms with E-state index in [0.717, 1.165) is 12.8 Å². The highest BCUT2D eigenvalue weighted by Crippen LogP contribution is 2.39. The first-order valence-corrected chi connectivity index (χ1v) is 4.80. The van der Waals surface area contributed by atoms with Crippen LogP contribution in [-0.2, 0) is 9.59 Å². The first-order valence-electron chi connectivity index (χ1n) is 4.80. The van der Waals surface area contributed by atoms with Gasteiger partial charge in [0.25, 0.3) is 0 Å². The van der Waals surface area contributed by atoms with Crippen molar-refractivity contribution in [3.63, 3.8) is 0 Å². The molecule has 2 saturated heterocycles. The molecule has 3 aliphatic rings. The number of hydrogen-bond donors (Lipinski definition) is 3. The average Bonchev–Trinajstić information content (AvgIpc) is 2.17. The lowest BCUT2D eigenvalue weighted by molar-refractivity contribution is -0.162. The average molecular weight is 199 g/mol. The Bertz CT molecular complexity index is 242. The minimum absolute atomic E-state index is 0.0152. The molecule has 4 atom stereocenters. The molecule has 5 heteroatoms. The van der Waals surface area contributed by atoms with Crippen molar-refractivity contribution in [3.05, 3.63) is 0 Å². The molecule has 0 radical (unpaired) electrons. The maximum absolute atomic E-state index is 11.0. The Labute approximate surface area is 81.1 Å². The van der Waals surface area contributed by atoms with Gasteiger partial charge in [-0.1, -0.05) is 0 Å². The predicted octanol–water partition coefficient (Wildman–Crippen LogP) is -0.230. The fraction of sp³-hybridized carbons (Fsp3) is 0.778. The van der Waals surface area contributed by atoms with Crippen molar-refractivity contribution < 1.29 is 19.8 Å². The van der Waals surface area contributed by atoms with Gasteiger partial charge in [-0.15, -0.1) is 0 Å². The van der Waals surface area contributed by atoms with E-state index in [1.54, 1.807) is 0 Å². The molecule has 0 amide bonds. The third kappa shape index (κ3) is 1.28. The summed E-state index contributed by atoms with van der Waals surface area (Å²) in [5.41, 5.74) is 0. The highest BCUT2D eigenvalue weighted by molar-refractivity contribution is 5.81. The van der Waals surface area contributed by atoms with Gasteiger partial charge in [0.2, 0.25) is 0 Å². The molecule has 0 aromatic rings. The van der Waals surface area contributed by atoms with Crippen molar-refractivity contribution in [3.8, 4) is 0 Å². The third-order valence-corrected chi connectivity index (χ3v) is 3.39. The van der Waals surface area contributed by atoms with Gasteiger partial charge >= 0.3 is 11.9 Å². The zero-order valence-corrected chi connectivity index (χ0v) is 7.64. The summed E-state index contributed by atoms with van der Waals surface area (Å²) in [4.78, 5) is 21.9. The molecule has 2 bridgehead atoms. The Balaban J connectivity index is 2.27. The van der Waals surface area contributed by atoms with E-state index in [0.29, 0.717) is 6.54 Å². The van der Waals surface area contributed by atoms with E-state index >= 15 is 0 Å². The summed E-state index contributed by atoms with van der Waals surface area (Å²) in [5.74, 6) is -3.42. The molecule has 5 nitrogen and oxygen atoms in total. The minimum Gasteiger partial charge on any atom is -0.481 e. The molecule has 0 aromatic carbocycles. The maximum Gasteiger partial charge on any atom is 0.308 e. The molecular weight excluding hydrogens is 186 g/mol. The van der Waals surface area contributed by atoms with E-state index < -0.39 is 23.8 Å². The summed E-state index contributed by atoms with van der Waals surface area (Å²) in [7, 11) is 0. The lowest BCUT2D eigenvalue weighted by Gasteiger charge is -2.45. The van der Waals surface area contributed by atoms with Crippen LogP contribution in [0.15, 0.2) is 0 Å². The van der Waals surface area contributed by atoms with Crippen LogP contribution in [0.2, 0.25) is 0 Å². The van der Waals surface area contributed by atoms with Gasteiger partial charge in [-0.05, 0) is 25.3 Å². The Morgan fingerprint density at radius 3 is 2.07 bits per heavy atom. The SMILES string of the molecule is O=C(O)C1C2CCC(NC2)C1C(=O)O. The number of piperidine rings is 2. The lowest BCUT2D eigenvalue weighted by atomic mass is 9.66. The fourth-order valence-electron chi connectivity index (χ4n) is 2.74. The number of rotatable bonds is 2. The topological polar surface area (TPSA) is 86.6 Å². The third-order valence-electron chi connectivity index (χ3n) is 3.39. The van der Waals surface area contributed by atoms with Crippen LogP contribution in [0.3, 0.4) is 0 Å². The van der Waals surface area contributed by atoms with E-state index in [1.165, 1.54) is 0 Å². The van der Waals surface area contributed by atoms with E-state index in [2.05, 4.69) is 5.32 Å². The Morgan fingerprint density at radius 2 is 1.71 bits per heavy atom. The smallest absolute Gasteiger partial charge is 0.308 e. The van der Waals surface area contributed by atoms with Gasteiger partial charge in [-0.25, -0.2) is 0 Å². The molecule has 0 spiro atoms. The second-order valence-corrected chi connectivity index (χ2v) is 4.08. The number of fused-ring (bicyclic) bond motifs is 3. The first kappa shape index (κ1) is 9.45. The lowest BCUT2D eigenvalue weighted by Crippen LogP contribution is -2.59. The quantitative estimate of drug-likeness (QED) is 0.572. The van der Waals surface area contributed by atoms with Crippen molar-refractivity contribution in [1.82, 2.24) is 5.32 Å². The predicted molar refractivity (Wildman–Crippen MR) is 46.8 cm³/mol. The first-order chi connectivity index (χ1) is 6.61. The second-order valence-electron chi connectivity index (χ2n) is 4.08. The second kappa shape index (κ2) is 3.24. The molecule has 3 N–H and O–H groups in total.